The van der Waals surface area contributed by atoms with Gasteiger partial charge in [0.05, 0.1) is 6.54 Å². The van der Waals surface area contributed by atoms with Crippen molar-refractivity contribution in [2.24, 2.45) is 12.8 Å². The van der Waals surface area contributed by atoms with Gasteiger partial charge in [0.1, 0.15) is 5.82 Å². The molecule has 2 N–H and O–H groups in total. The van der Waals surface area contributed by atoms with Gasteiger partial charge in [-0.3, -0.25) is 0 Å². The third kappa shape index (κ3) is 2.87. The Morgan fingerprint density at radius 1 is 1.11 bits per heavy atom. The van der Waals surface area contributed by atoms with Gasteiger partial charge < -0.3 is 10.3 Å². The highest BCUT2D eigenvalue weighted by Gasteiger charge is 2.08. The number of aryl methyl sites for hydroxylation is 4. The van der Waals surface area contributed by atoms with Crippen molar-refractivity contribution in [1.29, 1.82) is 0 Å². The third-order valence-electron chi connectivity index (χ3n) is 3.83. The van der Waals surface area contributed by atoms with Gasteiger partial charge in [0, 0.05) is 18.9 Å². The van der Waals surface area contributed by atoms with Crippen molar-refractivity contribution in [1.82, 2.24) is 9.55 Å². The van der Waals surface area contributed by atoms with E-state index in [1.54, 1.807) is 0 Å². The zero-order valence-electron chi connectivity index (χ0n) is 12.3. The Hall–Kier alpha value is -1.61. The van der Waals surface area contributed by atoms with Crippen LogP contribution in [0.1, 0.15) is 33.8 Å². The molecule has 0 atom stereocenters. The van der Waals surface area contributed by atoms with Crippen molar-refractivity contribution in [2.75, 3.05) is 0 Å². The molecule has 0 unspecified atom stereocenters. The molecule has 3 nitrogen and oxygen atoms in total. The fourth-order valence-corrected chi connectivity index (χ4v) is 2.77. The minimum Gasteiger partial charge on any atom is -0.334 e. The number of imidazole rings is 1. The second kappa shape index (κ2) is 5.57. The molecule has 2 rings (SSSR count). The lowest BCUT2D eigenvalue weighted by molar-refractivity contribution is 0.738. The Bertz CT molecular complexity index is 559. The molecule has 0 saturated carbocycles. The minimum absolute atomic E-state index is 0.499. The van der Waals surface area contributed by atoms with E-state index in [1.165, 1.54) is 27.9 Å². The Balaban J connectivity index is 2.17. The van der Waals surface area contributed by atoms with E-state index in [1.807, 2.05) is 13.2 Å². The number of hydrogen-bond acceptors (Lipinski definition) is 2. The minimum atomic E-state index is 0.499. The molecular weight excluding hydrogens is 234 g/mol. The van der Waals surface area contributed by atoms with E-state index in [0.29, 0.717) is 6.54 Å². The highest BCUT2D eigenvalue weighted by molar-refractivity contribution is 5.37. The van der Waals surface area contributed by atoms with E-state index in [4.69, 9.17) is 5.73 Å². The van der Waals surface area contributed by atoms with Gasteiger partial charge in [-0.2, -0.15) is 0 Å². The van der Waals surface area contributed by atoms with E-state index in [2.05, 4.69) is 42.5 Å². The zero-order chi connectivity index (χ0) is 14.0. The molecule has 2 aromatic rings. The van der Waals surface area contributed by atoms with Crippen molar-refractivity contribution in [2.45, 2.75) is 40.2 Å². The van der Waals surface area contributed by atoms with Crippen LogP contribution in [0.5, 0.6) is 0 Å². The molecular formula is C16H23N3. The summed E-state index contributed by atoms with van der Waals surface area (Å²) < 4.78 is 2.11. The quantitative estimate of drug-likeness (QED) is 0.915. The van der Waals surface area contributed by atoms with Crippen molar-refractivity contribution in [3.05, 3.63) is 52.1 Å². The fourth-order valence-electron chi connectivity index (χ4n) is 2.77. The van der Waals surface area contributed by atoms with E-state index in [0.717, 1.165) is 18.7 Å². The average Bonchev–Trinajstić information content (AvgIpc) is 2.69. The Morgan fingerprint density at radius 3 is 2.26 bits per heavy atom. The number of rotatable bonds is 4. The molecule has 1 aromatic carbocycles. The van der Waals surface area contributed by atoms with Gasteiger partial charge in [0.15, 0.2) is 0 Å². The SMILES string of the molecule is Cc1cc(C)c(CCc2cnc(CN)n2C)c(C)c1. The van der Waals surface area contributed by atoms with Crippen molar-refractivity contribution >= 4 is 0 Å². The molecule has 3 heteroatoms. The summed E-state index contributed by atoms with van der Waals surface area (Å²) in [6, 6.07) is 4.52. The number of nitrogens with two attached hydrogens (primary N) is 1. The first-order valence-electron chi connectivity index (χ1n) is 6.79. The predicted octanol–water partition coefficient (Wildman–Crippen LogP) is 2.59. The summed E-state index contributed by atoms with van der Waals surface area (Å²) in [6.45, 7) is 7.05. The molecule has 102 valence electrons. The molecule has 0 aliphatic carbocycles. The molecule has 0 amide bonds. The van der Waals surface area contributed by atoms with Gasteiger partial charge in [-0.05, 0) is 50.3 Å². The summed E-state index contributed by atoms with van der Waals surface area (Å²) in [6.07, 6.45) is 4.01. The summed E-state index contributed by atoms with van der Waals surface area (Å²) in [5.41, 5.74) is 12.5. The lowest BCUT2D eigenvalue weighted by Gasteiger charge is -2.11. The maximum atomic E-state index is 5.65. The first kappa shape index (κ1) is 13.8. The van der Waals surface area contributed by atoms with Gasteiger partial charge >= 0.3 is 0 Å². The zero-order valence-corrected chi connectivity index (χ0v) is 12.3. The smallest absolute Gasteiger partial charge is 0.122 e. The second-order valence-corrected chi connectivity index (χ2v) is 5.31. The maximum absolute atomic E-state index is 5.65. The monoisotopic (exact) mass is 257 g/mol. The number of nitrogens with zero attached hydrogens (tertiary/aromatic N) is 2. The lowest BCUT2D eigenvalue weighted by atomic mass is 9.96. The largest absolute Gasteiger partial charge is 0.334 e. The molecule has 19 heavy (non-hydrogen) atoms. The highest BCUT2D eigenvalue weighted by atomic mass is 15.1. The Morgan fingerprint density at radius 2 is 1.74 bits per heavy atom. The van der Waals surface area contributed by atoms with Crippen LogP contribution in [0.3, 0.4) is 0 Å². The van der Waals surface area contributed by atoms with E-state index < -0.39 is 0 Å². The molecule has 1 heterocycles. The molecule has 0 radical (unpaired) electrons. The summed E-state index contributed by atoms with van der Waals surface area (Å²) in [5.74, 6) is 0.951. The summed E-state index contributed by atoms with van der Waals surface area (Å²) in [5, 5.41) is 0. The second-order valence-electron chi connectivity index (χ2n) is 5.31. The third-order valence-corrected chi connectivity index (χ3v) is 3.83. The topological polar surface area (TPSA) is 43.8 Å². The van der Waals surface area contributed by atoms with Crippen LogP contribution < -0.4 is 5.73 Å². The Kier molecular flexibility index (Phi) is 4.05. The van der Waals surface area contributed by atoms with Crippen molar-refractivity contribution in [3.63, 3.8) is 0 Å². The summed E-state index contributed by atoms with van der Waals surface area (Å²) in [4.78, 5) is 4.34. The Labute approximate surface area is 115 Å². The van der Waals surface area contributed by atoms with E-state index in [-0.39, 0.29) is 0 Å². The van der Waals surface area contributed by atoms with Crippen LogP contribution in [0, 0.1) is 20.8 Å². The van der Waals surface area contributed by atoms with Gasteiger partial charge in [0.2, 0.25) is 0 Å². The molecule has 0 spiro atoms. The molecule has 0 saturated heterocycles. The van der Waals surface area contributed by atoms with Crippen LogP contribution in [-0.2, 0) is 26.4 Å². The molecule has 1 aromatic heterocycles. The number of aromatic nitrogens is 2. The van der Waals surface area contributed by atoms with Crippen LogP contribution in [0.25, 0.3) is 0 Å². The van der Waals surface area contributed by atoms with E-state index in [9.17, 15) is 0 Å². The van der Waals surface area contributed by atoms with Crippen molar-refractivity contribution < 1.29 is 0 Å². The first-order chi connectivity index (χ1) is 9.02. The average molecular weight is 257 g/mol. The van der Waals surface area contributed by atoms with Crippen LogP contribution >= 0.6 is 0 Å². The summed E-state index contributed by atoms with van der Waals surface area (Å²) in [7, 11) is 2.04. The van der Waals surface area contributed by atoms with E-state index >= 15 is 0 Å². The lowest BCUT2D eigenvalue weighted by Crippen LogP contribution is -2.08. The fraction of sp³-hybridized carbons (Fsp3) is 0.438. The van der Waals surface area contributed by atoms with Crippen LogP contribution in [0.15, 0.2) is 18.3 Å². The molecule has 0 fully saturated rings. The molecule has 0 aliphatic heterocycles. The highest BCUT2D eigenvalue weighted by Crippen LogP contribution is 2.18. The number of benzene rings is 1. The van der Waals surface area contributed by atoms with Crippen LogP contribution in [-0.4, -0.2) is 9.55 Å². The van der Waals surface area contributed by atoms with Gasteiger partial charge in [0.25, 0.3) is 0 Å². The molecule has 0 aliphatic rings. The first-order valence-corrected chi connectivity index (χ1v) is 6.79. The van der Waals surface area contributed by atoms with Crippen LogP contribution in [0.2, 0.25) is 0 Å². The number of hydrogen-bond donors (Lipinski definition) is 1. The van der Waals surface area contributed by atoms with Gasteiger partial charge in [-0.15, -0.1) is 0 Å². The summed E-state index contributed by atoms with van der Waals surface area (Å²) >= 11 is 0. The molecule has 0 bridgehead atoms. The normalized spacial score (nSPS) is 11.0. The standard InChI is InChI=1S/C16H23N3/c1-11-7-12(2)15(13(3)8-11)6-5-14-10-18-16(9-17)19(14)4/h7-8,10H,5-6,9,17H2,1-4H3. The van der Waals surface area contributed by atoms with Crippen LogP contribution in [0.4, 0.5) is 0 Å². The van der Waals surface area contributed by atoms with Crippen molar-refractivity contribution in [3.8, 4) is 0 Å². The predicted molar refractivity (Wildman–Crippen MR) is 79.2 cm³/mol. The van der Waals surface area contributed by atoms with Gasteiger partial charge in [-0.1, -0.05) is 17.7 Å². The maximum Gasteiger partial charge on any atom is 0.122 e. The van der Waals surface area contributed by atoms with Gasteiger partial charge in [-0.25, -0.2) is 4.98 Å².